The zero-order valence-corrected chi connectivity index (χ0v) is 33.5. The van der Waals surface area contributed by atoms with Crippen LogP contribution in [0.15, 0.2) is 73.5 Å². The van der Waals surface area contributed by atoms with E-state index in [-0.39, 0.29) is 5.04 Å². The van der Waals surface area contributed by atoms with Crippen molar-refractivity contribution in [1.29, 1.82) is 0 Å². The summed E-state index contributed by atoms with van der Waals surface area (Å²) in [6.45, 7) is 21.5. The van der Waals surface area contributed by atoms with E-state index in [1.54, 1.807) is 0 Å². The molecule has 0 radical (unpaired) electrons. The Labute approximate surface area is 319 Å². The Morgan fingerprint density at radius 3 is 0.887 bits per heavy atom. The third kappa shape index (κ3) is 22.0. The Balaban J connectivity index is 1.31. The molecule has 0 saturated carbocycles. The van der Waals surface area contributed by atoms with Gasteiger partial charge in [0.05, 0.1) is 145 Å². The summed E-state index contributed by atoms with van der Waals surface area (Å²) in [5.74, 6) is 0. The summed E-state index contributed by atoms with van der Waals surface area (Å²) in [4.78, 5) is 0. The van der Waals surface area contributed by atoms with Crippen LogP contribution in [0.2, 0.25) is 5.04 Å². The van der Waals surface area contributed by atoms with E-state index in [2.05, 4.69) is 88.0 Å². The monoisotopic (exact) mass is 766 g/mol. The highest BCUT2D eigenvalue weighted by atomic mass is 28.4. The second kappa shape index (κ2) is 32.0. The molecule has 0 unspecified atom stereocenters. The Kier molecular flexibility index (Phi) is 28.4. The maximum atomic E-state index is 6.85. The third-order valence-corrected chi connectivity index (χ3v) is 12.8. The molecule has 0 aromatic heterocycles. The summed E-state index contributed by atoms with van der Waals surface area (Å²) < 4.78 is 67.1. The van der Waals surface area contributed by atoms with Crippen molar-refractivity contribution in [1.82, 2.24) is 0 Å². The van der Waals surface area contributed by atoms with Gasteiger partial charge in [0.2, 0.25) is 0 Å². The first-order chi connectivity index (χ1) is 26.0. The van der Waals surface area contributed by atoms with Gasteiger partial charge in [0.15, 0.2) is 0 Å². The van der Waals surface area contributed by atoms with Crippen LogP contribution in [0.3, 0.4) is 0 Å². The smallest absolute Gasteiger partial charge is 0.261 e. The van der Waals surface area contributed by atoms with Gasteiger partial charge in [-0.15, -0.1) is 0 Å². The van der Waals surface area contributed by atoms with Crippen LogP contribution >= 0.6 is 0 Å². The summed E-state index contributed by atoms with van der Waals surface area (Å²) in [7, 11) is -2.54. The summed E-state index contributed by atoms with van der Waals surface area (Å²) in [6, 6.07) is 21.3. The maximum absolute atomic E-state index is 6.85. The van der Waals surface area contributed by atoms with Gasteiger partial charge in [-0.2, -0.15) is 0 Å². The van der Waals surface area contributed by atoms with Crippen LogP contribution in [-0.4, -0.2) is 154 Å². The van der Waals surface area contributed by atoms with E-state index in [9.17, 15) is 0 Å². The average molecular weight is 767 g/mol. The van der Waals surface area contributed by atoms with E-state index in [0.717, 1.165) is 0 Å². The van der Waals surface area contributed by atoms with E-state index < -0.39 is 8.32 Å². The Bertz CT molecular complexity index is 1050. The molecule has 0 amide bonds. The molecule has 0 aliphatic heterocycles. The van der Waals surface area contributed by atoms with Crippen LogP contribution < -0.4 is 10.4 Å². The number of hydrogen-bond acceptors (Lipinski definition) is 12. The van der Waals surface area contributed by atoms with Gasteiger partial charge in [-0.3, -0.25) is 0 Å². The molecule has 302 valence electrons. The molecule has 0 atom stereocenters. The molecular weight excluding hydrogens is 701 g/mol. The lowest BCUT2D eigenvalue weighted by Crippen LogP contribution is -2.66. The van der Waals surface area contributed by atoms with E-state index in [0.29, 0.717) is 145 Å². The molecule has 0 bridgehead atoms. The highest BCUT2D eigenvalue weighted by Crippen LogP contribution is 2.36. The van der Waals surface area contributed by atoms with Crippen LogP contribution in [0, 0.1) is 0 Å². The van der Waals surface area contributed by atoms with Gasteiger partial charge in [-0.05, 0) is 15.4 Å². The van der Waals surface area contributed by atoms with Gasteiger partial charge in [0, 0.05) is 0 Å². The molecule has 0 aliphatic carbocycles. The minimum absolute atomic E-state index is 0.0568. The van der Waals surface area contributed by atoms with Crippen molar-refractivity contribution in [3.63, 3.8) is 0 Å². The van der Waals surface area contributed by atoms with Crippen molar-refractivity contribution in [2.45, 2.75) is 25.8 Å². The highest BCUT2D eigenvalue weighted by molar-refractivity contribution is 6.99. The third-order valence-electron chi connectivity index (χ3n) is 7.77. The minimum atomic E-state index is -2.54. The lowest BCUT2D eigenvalue weighted by Gasteiger charge is -2.43. The van der Waals surface area contributed by atoms with Crippen molar-refractivity contribution in [3.05, 3.63) is 73.5 Å². The zero-order chi connectivity index (χ0) is 38.0. The molecule has 2 aromatic carbocycles. The van der Waals surface area contributed by atoms with Crippen LogP contribution in [0.25, 0.3) is 0 Å². The predicted molar refractivity (Wildman–Crippen MR) is 208 cm³/mol. The molecular formula is C40H66O12Si. The van der Waals surface area contributed by atoms with Crippen LogP contribution in [-0.2, 0) is 56.5 Å². The topological polar surface area (TPSA) is 111 Å². The Hall–Kier alpha value is -2.24. The lowest BCUT2D eigenvalue weighted by molar-refractivity contribution is -0.0271. The average Bonchev–Trinajstić information content (AvgIpc) is 3.16. The summed E-state index contributed by atoms with van der Waals surface area (Å²) in [5, 5.41) is 2.48. The van der Waals surface area contributed by atoms with Crippen LogP contribution in [0.1, 0.15) is 20.8 Å². The minimum Gasteiger partial charge on any atom is -0.499 e. The maximum Gasteiger partial charge on any atom is 0.261 e. The molecule has 0 spiro atoms. The summed E-state index contributed by atoms with van der Waals surface area (Å²) in [6.07, 6.45) is 1.40. The molecule has 12 nitrogen and oxygen atoms in total. The van der Waals surface area contributed by atoms with Gasteiger partial charge in [-0.25, -0.2) is 0 Å². The molecule has 0 N–H and O–H groups in total. The fourth-order valence-corrected chi connectivity index (χ4v) is 9.83. The van der Waals surface area contributed by atoms with Crippen molar-refractivity contribution in [2.75, 3.05) is 145 Å². The quantitative estimate of drug-likeness (QED) is 0.0566. The second-order valence-electron chi connectivity index (χ2n) is 12.7. The van der Waals surface area contributed by atoms with Gasteiger partial charge in [0.25, 0.3) is 8.32 Å². The first-order valence-corrected chi connectivity index (χ1v) is 20.7. The fourth-order valence-electron chi connectivity index (χ4n) is 5.29. The van der Waals surface area contributed by atoms with Crippen molar-refractivity contribution >= 4 is 18.7 Å². The predicted octanol–water partition coefficient (Wildman–Crippen LogP) is 3.89. The van der Waals surface area contributed by atoms with E-state index in [4.69, 9.17) is 56.5 Å². The molecule has 2 aromatic rings. The van der Waals surface area contributed by atoms with Crippen LogP contribution in [0.4, 0.5) is 0 Å². The molecule has 0 saturated heterocycles. The number of benzene rings is 2. The van der Waals surface area contributed by atoms with Crippen molar-refractivity contribution in [2.24, 2.45) is 0 Å². The number of rotatable bonds is 37. The van der Waals surface area contributed by atoms with Gasteiger partial charge in [-0.1, -0.05) is 88.0 Å². The first kappa shape index (κ1) is 46.9. The van der Waals surface area contributed by atoms with Gasteiger partial charge < -0.3 is 56.5 Å². The molecule has 53 heavy (non-hydrogen) atoms. The van der Waals surface area contributed by atoms with Crippen LogP contribution in [0.5, 0.6) is 0 Å². The van der Waals surface area contributed by atoms with Crippen molar-refractivity contribution < 1.29 is 56.5 Å². The summed E-state index contributed by atoms with van der Waals surface area (Å²) in [5.41, 5.74) is 0. The summed E-state index contributed by atoms with van der Waals surface area (Å²) >= 11 is 0. The zero-order valence-electron chi connectivity index (χ0n) is 32.5. The van der Waals surface area contributed by atoms with E-state index >= 15 is 0 Å². The Morgan fingerprint density at radius 1 is 0.396 bits per heavy atom. The van der Waals surface area contributed by atoms with Gasteiger partial charge >= 0.3 is 0 Å². The van der Waals surface area contributed by atoms with Gasteiger partial charge in [0.1, 0.15) is 6.61 Å². The molecule has 0 aliphatic rings. The Morgan fingerprint density at radius 2 is 0.642 bits per heavy atom. The molecule has 0 fully saturated rings. The lowest BCUT2D eigenvalue weighted by atomic mass is 10.2. The first-order valence-electron chi connectivity index (χ1n) is 18.8. The SMILES string of the molecule is C=COCCOCCOCCOCCOCCOCCOCCOCCOCCOCCOCCO[Si](c1ccccc1)(c1ccccc1)C(C)(C)C. The van der Waals surface area contributed by atoms with Crippen molar-refractivity contribution in [3.8, 4) is 0 Å². The fraction of sp³-hybridized carbons (Fsp3) is 0.650. The number of hydrogen-bond donors (Lipinski definition) is 0. The molecule has 2 rings (SSSR count). The normalized spacial score (nSPS) is 12.0. The largest absolute Gasteiger partial charge is 0.499 e. The highest BCUT2D eigenvalue weighted by Gasteiger charge is 2.50. The molecule has 0 heterocycles. The standard InChI is InChI=1S/C40H66O12Si/c1-5-41-16-17-42-18-19-43-20-21-44-22-23-45-24-25-46-26-27-47-28-29-48-30-31-49-32-33-50-34-35-51-36-37-52-53(40(2,3)4,38-12-8-6-9-13-38)39-14-10-7-11-15-39/h5-15H,1,16-37H2,2-4H3. The second-order valence-corrected chi connectivity index (χ2v) is 17.0. The molecule has 13 heteroatoms. The van der Waals surface area contributed by atoms with E-state index in [1.807, 2.05) is 0 Å². The van der Waals surface area contributed by atoms with E-state index in [1.165, 1.54) is 16.6 Å². The number of ether oxygens (including phenoxy) is 11.